The van der Waals surface area contributed by atoms with Gasteiger partial charge < -0.3 is 10.2 Å². The molecule has 0 aromatic heterocycles. The van der Waals surface area contributed by atoms with E-state index in [0.717, 1.165) is 21.9 Å². The van der Waals surface area contributed by atoms with Crippen molar-refractivity contribution < 1.29 is 22.8 Å². The van der Waals surface area contributed by atoms with Gasteiger partial charge in [0.25, 0.3) is 15.9 Å². The van der Waals surface area contributed by atoms with Gasteiger partial charge in [-0.1, -0.05) is 55.8 Å². The van der Waals surface area contributed by atoms with Crippen LogP contribution in [0.4, 0.5) is 0 Å². The summed E-state index contributed by atoms with van der Waals surface area (Å²) in [6.07, 6.45) is 1.38. The smallest absolute Gasteiger partial charge is 0.269 e. The third-order valence-corrected chi connectivity index (χ3v) is 8.36. The zero-order valence-corrected chi connectivity index (χ0v) is 22.2. The predicted molar refractivity (Wildman–Crippen MR) is 138 cm³/mol. The molecule has 3 amide bonds. The number of rotatable bonds is 11. The van der Waals surface area contributed by atoms with Gasteiger partial charge >= 0.3 is 0 Å². The second kappa shape index (κ2) is 11.7. The van der Waals surface area contributed by atoms with Crippen LogP contribution in [0.5, 0.6) is 0 Å². The summed E-state index contributed by atoms with van der Waals surface area (Å²) in [6.45, 7) is 7.90. The average molecular weight is 514 g/mol. The van der Waals surface area contributed by atoms with Crippen molar-refractivity contribution in [2.75, 3.05) is 6.54 Å². The summed E-state index contributed by atoms with van der Waals surface area (Å²) in [5.41, 5.74) is 2.14. The van der Waals surface area contributed by atoms with Crippen molar-refractivity contribution in [2.45, 2.75) is 76.9 Å². The number of nitrogens with zero attached hydrogens (tertiary/aromatic N) is 2. The summed E-state index contributed by atoms with van der Waals surface area (Å²) in [6, 6.07) is 13.2. The molecule has 0 bridgehead atoms. The Bertz CT molecular complexity index is 1210. The molecule has 2 aromatic carbocycles. The first kappa shape index (κ1) is 27.4. The van der Waals surface area contributed by atoms with Crippen LogP contribution in [0.25, 0.3) is 0 Å². The largest absolute Gasteiger partial charge is 0.352 e. The van der Waals surface area contributed by atoms with Crippen molar-refractivity contribution in [1.82, 2.24) is 14.5 Å². The molecule has 0 spiro atoms. The number of carbonyl (C=O) groups excluding carboxylic acids is 3. The molecule has 3 rings (SSSR count). The van der Waals surface area contributed by atoms with E-state index in [1.165, 1.54) is 12.1 Å². The van der Waals surface area contributed by atoms with Crippen LogP contribution in [0.2, 0.25) is 0 Å². The highest BCUT2D eigenvalue weighted by molar-refractivity contribution is 7.90. The van der Waals surface area contributed by atoms with E-state index in [0.29, 0.717) is 6.42 Å². The Morgan fingerprint density at radius 1 is 1.03 bits per heavy atom. The number of hydrogen-bond acceptors (Lipinski definition) is 5. The molecule has 0 fully saturated rings. The van der Waals surface area contributed by atoms with Crippen LogP contribution < -0.4 is 5.32 Å². The van der Waals surface area contributed by atoms with Gasteiger partial charge in [0.15, 0.2) is 0 Å². The number of aryl methyl sites for hydroxylation is 1. The molecule has 2 aromatic rings. The molecule has 1 aliphatic rings. The molecule has 0 unspecified atom stereocenters. The molecule has 0 saturated heterocycles. The number of hydrogen-bond donors (Lipinski definition) is 1. The van der Waals surface area contributed by atoms with Gasteiger partial charge in [-0.25, -0.2) is 12.7 Å². The molecule has 9 heteroatoms. The molecule has 1 aliphatic heterocycles. The van der Waals surface area contributed by atoms with E-state index in [-0.39, 0.29) is 54.2 Å². The molecule has 1 heterocycles. The maximum atomic E-state index is 13.4. The summed E-state index contributed by atoms with van der Waals surface area (Å²) < 4.78 is 26.4. The summed E-state index contributed by atoms with van der Waals surface area (Å²) in [5.74, 6) is -1.04. The fraction of sp³-hybridized carbons (Fsp3) is 0.444. The number of carbonyl (C=O) groups is 3. The lowest BCUT2D eigenvalue weighted by molar-refractivity contribution is -0.141. The van der Waals surface area contributed by atoms with E-state index in [1.807, 2.05) is 52.0 Å². The van der Waals surface area contributed by atoms with Crippen LogP contribution >= 0.6 is 0 Å². The normalized spacial score (nSPS) is 15.8. The van der Waals surface area contributed by atoms with Gasteiger partial charge in [-0.05, 0) is 50.8 Å². The van der Waals surface area contributed by atoms with Gasteiger partial charge in [-0.15, -0.1) is 0 Å². The highest BCUT2D eigenvalue weighted by Crippen LogP contribution is 2.30. The molecule has 0 saturated carbocycles. The molecule has 2 atom stereocenters. The number of nitrogens with one attached hydrogen (secondary N) is 1. The standard InChI is InChI=1S/C27H35N3O5S/c1-5-20(4)28-26(32)23(6-2)29(18-21-15-13-19(3)14-16-21)25(31)12-9-17-30-27(33)22-10-7-8-11-24(22)36(30,34)35/h7-8,10-11,13-16,20,23H,5-6,9,12,17-18H2,1-4H3,(H,28,32)/t20-,23+/m0/s1. The van der Waals surface area contributed by atoms with Gasteiger partial charge in [0.1, 0.15) is 10.9 Å². The first-order valence-electron chi connectivity index (χ1n) is 12.4. The van der Waals surface area contributed by atoms with Crippen LogP contribution in [0.15, 0.2) is 53.4 Å². The minimum absolute atomic E-state index is 0.00455. The number of sulfonamides is 1. The van der Waals surface area contributed by atoms with Crippen molar-refractivity contribution >= 4 is 27.7 Å². The lowest BCUT2D eigenvalue weighted by Crippen LogP contribution is -2.50. The second-order valence-electron chi connectivity index (χ2n) is 9.23. The Hall–Kier alpha value is -3.20. The molecule has 194 valence electrons. The fourth-order valence-electron chi connectivity index (χ4n) is 4.22. The lowest BCUT2D eigenvalue weighted by atomic mass is 10.1. The van der Waals surface area contributed by atoms with Crippen molar-refractivity contribution in [2.24, 2.45) is 0 Å². The number of amides is 3. The summed E-state index contributed by atoms with van der Waals surface area (Å²) in [7, 11) is -3.92. The quantitative estimate of drug-likeness (QED) is 0.494. The van der Waals surface area contributed by atoms with E-state index in [1.54, 1.807) is 17.0 Å². The Morgan fingerprint density at radius 2 is 1.69 bits per heavy atom. The van der Waals surface area contributed by atoms with Crippen LogP contribution in [-0.2, 0) is 26.2 Å². The second-order valence-corrected chi connectivity index (χ2v) is 11.1. The van der Waals surface area contributed by atoms with Gasteiger partial charge in [-0.3, -0.25) is 14.4 Å². The molecular weight excluding hydrogens is 478 g/mol. The van der Waals surface area contributed by atoms with E-state index in [4.69, 9.17) is 0 Å². The van der Waals surface area contributed by atoms with Crippen molar-refractivity contribution in [3.63, 3.8) is 0 Å². The third-order valence-electron chi connectivity index (χ3n) is 6.52. The van der Waals surface area contributed by atoms with Crippen molar-refractivity contribution in [3.05, 3.63) is 65.2 Å². The highest BCUT2D eigenvalue weighted by atomic mass is 32.2. The first-order valence-corrected chi connectivity index (χ1v) is 13.9. The Balaban J connectivity index is 1.74. The van der Waals surface area contributed by atoms with Crippen molar-refractivity contribution in [1.29, 1.82) is 0 Å². The minimum atomic E-state index is -3.92. The van der Waals surface area contributed by atoms with E-state index < -0.39 is 22.0 Å². The van der Waals surface area contributed by atoms with E-state index in [9.17, 15) is 22.8 Å². The zero-order valence-electron chi connectivity index (χ0n) is 21.4. The molecule has 1 N–H and O–H groups in total. The van der Waals surface area contributed by atoms with Gasteiger partial charge in [0, 0.05) is 25.6 Å². The molecular formula is C27H35N3O5S. The fourth-order valence-corrected chi connectivity index (χ4v) is 5.83. The Labute approximate surface area is 213 Å². The van der Waals surface area contributed by atoms with Crippen LogP contribution in [0, 0.1) is 6.92 Å². The molecule has 0 aliphatic carbocycles. The van der Waals surface area contributed by atoms with Gasteiger partial charge in [0.2, 0.25) is 11.8 Å². The molecule has 0 radical (unpaired) electrons. The maximum Gasteiger partial charge on any atom is 0.269 e. The van der Waals surface area contributed by atoms with Crippen LogP contribution in [0.3, 0.4) is 0 Å². The van der Waals surface area contributed by atoms with Crippen LogP contribution in [0.1, 0.15) is 67.9 Å². The van der Waals surface area contributed by atoms with Gasteiger partial charge in [0.05, 0.1) is 5.56 Å². The average Bonchev–Trinajstić information content (AvgIpc) is 3.05. The molecule has 36 heavy (non-hydrogen) atoms. The SMILES string of the molecule is CC[C@H](C(=O)N[C@@H](C)CC)N(Cc1ccc(C)cc1)C(=O)CCCN1C(=O)c2ccccc2S1(=O)=O. The molecule has 8 nitrogen and oxygen atoms in total. The Morgan fingerprint density at radius 3 is 2.31 bits per heavy atom. The van der Waals surface area contributed by atoms with E-state index in [2.05, 4.69) is 5.32 Å². The maximum absolute atomic E-state index is 13.4. The minimum Gasteiger partial charge on any atom is -0.352 e. The monoisotopic (exact) mass is 513 g/mol. The third kappa shape index (κ3) is 5.95. The van der Waals surface area contributed by atoms with Crippen LogP contribution in [-0.4, -0.2) is 54.0 Å². The zero-order chi connectivity index (χ0) is 26.5. The topological polar surface area (TPSA) is 104 Å². The first-order chi connectivity index (χ1) is 17.1. The van der Waals surface area contributed by atoms with Crippen molar-refractivity contribution in [3.8, 4) is 0 Å². The number of fused-ring (bicyclic) bond motifs is 1. The lowest BCUT2D eigenvalue weighted by Gasteiger charge is -2.31. The summed E-state index contributed by atoms with van der Waals surface area (Å²) in [5, 5.41) is 2.97. The van der Waals surface area contributed by atoms with Gasteiger partial charge in [-0.2, -0.15) is 0 Å². The van der Waals surface area contributed by atoms with E-state index >= 15 is 0 Å². The predicted octanol–water partition coefficient (Wildman–Crippen LogP) is 3.64. The number of benzene rings is 2. The summed E-state index contributed by atoms with van der Waals surface area (Å²) in [4.78, 5) is 40.7. The highest BCUT2D eigenvalue weighted by Gasteiger charge is 2.40. The summed E-state index contributed by atoms with van der Waals surface area (Å²) >= 11 is 0. The Kier molecular flexibility index (Phi) is 8.89.